The molecule has 3 aromatic heterocycles. The first-order valence-electron chi connectivity index (χ1n) is 6.16. The lowest BCUT2D eigenvalue weighted by molar-refractivity contribution is 0.913. The number of hydrogen-bond acceptors (Lipinski definition) is 2. The summed E-state index contributed by atoms with van der Waals surface area (Å²) in [6.07, 6.45) is 7.67. The highest BCUT2D eigenvalue weighted by Crippen LogP contribution is 2.18. The summed E-state index contributed by atoms with van der Waals surface area (Å²) >= 11 is 0. The summed E-state index contributed by atoms with van der Waals surface area (Å²) < 4.78 is 3.83. The van der Waals surface area contributed by atoms with Crippen molar-refractivity contribution in [3.05, 3.63) is 42.6 Å². The van der Waals surface area contributed by atoms with Crippen LogP contribution in [-0.4, -0.2) is 19.2 Å². The van der Waals surface area contributed by atoms with E-state index >= 15 is 0 Å². The maximum absolute atomic E-state index is 4.32. The second-order valence-electron chi connectivity index (χ2n) is 4.00. The fourth-order valence-electron chi connectivity index (χ4n) is 1.83. The molecule has 4 heteroatoms. The summed E-state index contributed by atoms with van der Waals surface area (Å²) in [5, 5.41) is 4.29. The Labute approximate surface area is 107 Å². The summed E-state index contributed by atoms with van der Waals surface area (Å²) in [6, 6.07) is 4.15. The van der Waals surface area contributed by atoms with Crippen LogP contribution in [0.4, 0.5) is 0 Å². The second-order valence-corrected chi connectivity index (χ2v) is 4.00. The van der Waals surface area contributed by atoms with Crippen LogP contribution in [0.2, 0.25) is 0 Å². The quantitative estimate of drug-likeness (QED) is 0.657. The van der Waals surface area contributed by atoms with Crippen molar-refractivity contribution < 1.29 is 0 Å². The molecule has 0 aliphatic heterocycles. The van der Waals surface area contributed by atoms with E-state index in [0.29, 0.717) is 0 Å². The molecule has 0 aromatic carbocycles. The van der Waals surface area contributed by atoms with Crippen LogP contribution in [0, 0.1) is 6.92 Å². The molecule has 0 radical (unpaired) electrons. The third kappa shape index (κ3) is 2.14. The van der Waals surface area contributed by atoms with Crippen molar-refractivity contribution in [3.8, 4) is 11.3 Å². The maximum Gasteiger partial charge on any atom is 0.0951 e. The number of pyridine rings is 1. The Kier molecular flexibility index (Phi) is 3.46. The van der Waals surface area contributed by atoms with Gasteiger partial charge in [-0.1, -0.05) is 13.8 Å². The average Bonchev–Trinajstić information content (AvgIpc) is 2.99. The number of aryl methyl sites for hydroxylation is 2. The van der Waals surface area contributed by atoms with Gasteiger partial charge < -0.3 is 4.57 Å². The van der Waals surface area contributed by atoms with E-state index in [0.717, 1.165) is 16.8 Å². The minimum atomic E-state index is 0.970. The molecule has 0 aliphatic rings. The summed E-state index contributed by atoms with van der Waals surface area (Å²) in [7, 11) is 1.97. The summed E-state index contributed by atoms with van der Waals surface area (Å²) in [6.45, 7) is 6.06. The molecule has 0 N–H and O–H groups in total. The van der Waals surface area contributed by atoms with Gasteiger partial charge in [-0.05, 0) is 24.6 Å². The van der Waals surface area contributed by atoms with E-state index in [2.05, 4.69) is 29.1 Å². The van der Waals surface area contributed by atoms with E-state index in [-0.39, 0.29) is 0 Å². The van der Waals surface area contributed by atoms with Crippen molar-refractivity contribution >= 4 is 5.52 Å². The molecule has 3 heterocycles. The van der Waals surface area contributed by atoms with Crippen LogP contribution in [0.3, 0.4) is 0 Å². The number of hydrogen-bond donors (Lipinski definition) is 0. The molecule has 4 nitrogen and oxygen atoms in total. The number of imidazole rings is 1. The highest BCUT2D eigenvalue weighted by Gasteiger charge is 2.04. The highest BCUT2D eigenvalue weighted by molar-refractivity contribution is 5.63. The molecule has 0 aliphatic carbocycles. The Hall–Kier alpha value is -2.10. The molecule has 0 atom stereocenters. The van der Waals surface area contributed by atoms with Gasteiger partial charge in [0.15, 0.2) is 0 Å². The molecule has 0 unspecified atom stereocenters. The summed E-state index contributed by atoms with van der Waals surface area (Å²) in [5.74, 6) is 0. The predicted octanol–water partition coefficient (Wildman–Crippen LogP) is 3.07. The van der Waals surface area contributed by atoms with Gasteiger partial charge in [-0.15, -0.1) is 0 Å². The second kappa shape index (κ2) is 5.04. The van der Waals surface area contributed by atoms with Crippen molar-refractivity contribution in [1.29, 1.82) is 0 Å². The van der Waals surface area contributed by atoms with Crippen molar-refractivity contribution in [2.75, 3.05) is 0 Å². The molecule has 3 rings (SSSR count). The van der Waals surface area contributed by atoms with Gasteiger partial charge in [0.2, 0.25) is 0 Å². The van der Waals surface area contributed by atoms with Crippen molar-refractivity contribution in [2.45, 2.75) is 20.8 Å². The van der Waals surface area contributed by atoms with Gasteiger partial charge >= 0.3 is 0 Å². The number of aromatic nitrogens is 4. The van der Waals surface area contributed by atoms with Crippen molar-refractivity contribution in [2.24, 2.45) is 7.05 Å². The predicted molar refractivity (Wildman–Crippen MR) is 73.5 cm³/mol. The van der Waals surface area contributed by atoms with Crippen LogP contribution in [-0.2, 0) is 7.05 Å². The van der Waals surface area contributed by atoms with E-state index in [1.54, 1.807) is 6.33 Å². The van der Waals surface area contributed by atoms with Crippen LogP contribution >= 0.6 is 0 Å². The van der Waals surface area contributed by atoms with E-state index in [9.17, 15) is 0 Å². The normalized spacial score (nSPS) is 10.2. The molecule has 0 saturated carbocycles. The van der Waals surface area contributed by atoms with Gasteiger partial charge in [0.25, 0.3) is 0 Å². The zero-order chi connectivity index (χ0) is 13.1. The maximum atomic E-state index is 4.32. The number of rotatable bonds is 1. The zero-order valence-corrected chi connectivity index (χ0v) is 11.3. The van der Waals surface area contributed by atoms with E-state index < -0.39 is 0 Å². The van der Waals surface area contributed by atoms with E-state index in [1.165, 1.54) is 5.56 Å². The van der Waals surface area contributed by atoms with Gasteiger partial charge in [-0.2, -0.15) is 5.10 Å². The minimum Gasteiger partial charge on any atom is -0.340 e. The lowest BCUT2D eigenvalue weighted by Crippen LogP contribution is -1.88. The van der Waals surface area contributed by atoms with Crippen LogP contribution in [0.25, 0.3) is 16.8 Å². The zero-order valence-electron chi connectivity index (χ0n) is 11.3. The first-order chi connectivity index (χ1) is 8.74. The summed E-state index contributed by atoms with van der Waals surface area (Å²) in [4.78, 5) is 4.32. The fourth-order valence-corrected chi connectivity index (χ4v) is 1.83. The van der Waals surface area contributed by atoms with Gasteiger partial charge in [0.05, 0.1) is 23.7 Å². The molecule has 0 spiro atoms. The molecule has 3 aromatic rings. The topological polar surface area (TPSA) is 35.1 Å². The van der Waals surface area contributed by atoms with Gasteiger partial charge in [-0.25, -0.2) is 9.50 Å². The Morgan fingerprint density at radius 2 is 1.89 bits per heavy atom. The molecule has 0 bridgehead atoms. The Balaban J connectivity index is 0.000000574. The lowest BCUT2D eigenvalue weighted by Gasteiger charge is -1.98. The van der Waals surface area contributed by atoms with E-state index in [4.69, 9.17) is 0 Å². The summed E-state index contributed by atoms with van der Waals surface area (Å²) in [5.41, 5.74) is 4.38. The van der Waals surface area contributed by atoms with Crippen LogP contribution in [0.5, 0.6) is 0 Å². The Morgan fingerprint density at radius 1 is 1.11 bits per heavy atom. The first-order valence-corrected chi connectivity index (χ1v) is 6.16. The largest absolute Gasteiger partial charge is 0.340 e. The smallest absolute Gasteiger partial charge is 0.0951 e. The fraction of sp³-hybridized carbons (Fsp3) is 0.286. The third-order valence-corrected chi connectivity index (χ3v) is 2.71. The molecular weight excluding hydrogens is 224 g/mol. The van der Waals surface area contributed by atoms with Crippen LogP contribution in [0.15, 0.2) is 37.1 Å². The highest BCUT2D eigenvalue weighted by atomic mass is 15.2. The molecule has 0 amide bonds. The van der Waals surface area contributed by atoms with Crippen molar-refractivity contribution in [1.82, 2.24) is 19.2 Å². The van der Waals surface area contributed by atoms with Gasteiger partial charge in [0, 0.05) is 25.0 Å². The third-order valence-electron chi connectivity index (χ3n) is 2.71. The lowest BCUT2D eigenvalue weighted by atomic mass is 10.2. The van der Waals surface area contributed by atoms with Crippen molar-refractivity contribution in [3.63, 3.8) is 0 Å². The number of nitrogens with zero attached hydrogens (tertiary/aromatic N) is 4. The SMILES string of the molecule is CC.Cc1cnn2cc(-c3cn(C)cn3)ccc12. The monoisotopic (exact) mass is 242 g/mol. The Bertz CT molecular complexity index is 649. The van der Waals surface area contributed by atoms with E-state index in [1.807, 2.05) is 48.6 Å². The minimum absolute atomic E-state index is 0.970. The average molecular weight is 242 g/mol. The standard InChI is InChI=1S/C12H12N4.C2H6/c1-9-5-14-16-6-10(3-4-12(9)16)11-7-15(2)8-13-11;1-2/h3-8H,1-2H3;1-2H3. The molecule has 18 heavy (non-hydrogen) atoms. The molecular formula is C14H18N4. The Morgan fingerprint density at radius 3 is 2.56 bits per heavy atom. The van der Waals surface area contributed by atoms with Gasteiger partial charge in [0.1, 0.15) is 0 Å². The van der Waals surface area contributed by atoms with Crippen LogP contribution in [0.1, 0.15) is 19.4 Å². The molecule has 94 valence electrons. The van der Waals surface area contributed by atoms with Gasteiger partial charge in [-0.3, -0.25) is 0 Å². The number of fused-ring (bicyclic) bond motifs is 1. The van der Waals surface area contributed by atoms with Crippen LogP contribution < -0.4 is 0 Å². The molecule has 0 fully saturated rings. The molecule has 0 saturated heterocycles. The first kappa shape index (κ1) is 12.4.